The highest BCUT2D eigenvalue weighted by Crippen LogP contribution is 2.24. The molecule has 0 saturated carbocycles. The third-order valence-corrected chi connectivity index (χ3v) is 5.44. The Morgan fingerprint density at radius 1 is 1.40 bits per heavy atom. The van der Waals surface area contributed by atoms with Gasteiger partial charge >= 0.3 is 10.2 Å². The highest BCUT2D eigenvalue weighted by molar-refractivity contribution is 9.10. The van der Waals surface area contributed by atoms with Crippen LogP contribution in [0.5, 0.6) is 0 Å². The quantitative estimate of drug-likeness (QED) is 0.903. The molecule has 0 atom stereocenters. The van der Waals surface area contributed by atoms with Gasteiger partial charge in [0.15, 0.2) is 0 Å². The van der Waals surface area contributed by atoms with Crippen molar-refractivity contribution >= 4 is 31.8 Å². The molecule has 2 rings (SSSR count). The smallest absolute Gasteiger partial charge is 0.270 e. The SMILES string of the molecule is CC1CCN(S(=O)(=O)Nc2cc(Br)ccc2C#N)CC1. The highest BCUT2D eigenvalue weighted by atomic mass is 79.9. The number of hydrogen-bond donors (Lipinski definition) is 1. The summed E-state index contributed by atoms with van der Waals surface area (Å²) in [5.74, 6) is 0.557. The lowest BCUT2D eigenvalue weighted by Gasteiger charge is -2.29. The molecule has 1 aromatic carbocycles. The van der Waals surface area contributed by atoms with E-state index >= 15 is 0 Å². The van der Waals surface area contributed by atoms with E-state index in [9.17, 15) is 8.42 Å². The average Bonchev–Trinajstić information content (AvgIpc) is 2.39. The molecule has 1 aliphatic rings. The molecular formula is C13H16BrN3O2S. The first-order chi connectivity index (χ1) is 9.42. The number of piperidine rings is 1. The van der Waals surface area contributed by atoms with Gasteiger partial charge in [0.25, 0.3) is 0 Å². The predicted octanol–water partition coefficient (Wildman–Crippen LogP) is 2.71. The maximum atomic E-state index is 12.3. The van der Waals surface area contributed by atoms with E-state index in [-0.39, 0.29) is 0 Å². The second-order valence-electron chi connectivity index (χ2n) is 4.99. The zero-order valence-electron chi connectivity index (χ0n) is 11.1. The van der Waals surface area contributed by atoms with Crippen LogP contribution in [0.25, 0.3) is 0 Å². The number of halogens is 1. The molecule has 0 aromatic heterocycles. The number of nitriles is 1. The van der Waals surface area contributed by atoms with Crippen LogP contribution in [0.15, 0.2) is 22.7 Å². The monoisotopic (exact) mass is 357 g/mol. The van der Waals surface area contributed by atoms with Gasteiger partial charge in [-0.3, -0.25) is 4.72 Å². The summed E-state index contributed by atoms with van der Waals surface area (Å²) in [5.41, 5.74) is 0.614. The molecule has 1 heterocycles. The standard InChI is InChI=1S/C13H16BrN3O2S/c1-10-4-6-17(7-5-10)20(18,19)16-13-8-12(14)3-2-11(13)9-15/h2-3,8,10,16H,4-7H2,1H3. The van der Waals surface area contributed by atoms with Crippen LogP contribution in [0.4, 0.5) is 5.69 Å². The summed E-state index contributed by atoms with van der Waals surface area (Å²) in [6, 6.07) is 6.88. The first-order valence-electron chi connectivity index (χ1n) is 6.40. The molecule has 1 saturated heterocycles. The van der Waals surface area contributed by atoms with Gasteiger partial charge < -0.3 is 0 Å². The molecule has 108 valence electrons. The normalized spacial score (nSPS) is 17.6. The van der Waals surface area contributed by atoms with Crippen molar-refractivity contribution in [3.8, 4) is 6.07 Å². The fraction of sp³-hybridized carbons (Fsp3) is 0.462. The average molecular weight is 358 g/mol. The van der Waals surface area contributed by atoms with Crippen molar-refractivity contribution in [3.63, 3.8) is 0 Å². The Bertz CT molecular complexity index is 632. The van der Waals surface area contributed by atoms with Gasteiger partial charge in [-0.25, -0.2) is 0 Å². The molecule has 1 aliphatic heterocycles. The van der Waals surface area contributed by atoms with Gasteiger partial charge in [0.05, 0.1) is 11.3 Å². The first kappa shape index (κ1) is 15.3. The molecule has 0 bridgehead atoms. The van der Waals surface area contributed by atoms with E-state index in [0.717, 1.165) is 17.3 Å². The van der Waals surface area contributed by atoms with Gasteiger partial charge in [-0.2, -0.15) is 18.0 Å². The van der Waals surface area contributed by atoms with Gasteiger partial charge in [0, 0.05) is 17.6 Å². The number of nitrogens with one attached hydrogen (secondary N) is 1. The van der Waals surface area contributed by atoms with Crippen LogP contribution in [0.1, 0.15) is 25.3 Å². The van der Waals surface area contributed by atoms with Gasteiger partial charge in [-0.1, -0.05) is 22.9 Å². The second kappa shape index (κ2) is 6.12. The Labute approximate surface area is 127 Å². The van der Waals surface area contributed by atoms with Crippen LogP contribution in [0.2, 0.25) is 0 Å². The van der Waals surface area contributed by atoms with Crippen LogP contribution in [0, 0.1) is 17.2 Å². The summed E-state index contributed by atoms with van der Waals surface area (Å²) in [4.78, 5) is 0. The molecule has 20 heavy (non-hydrogen) atoms. The number of rotatable bonds is 3. The molecule has 0 aliphatic carbocycles. The fourth-order valence-corrected chi connectivity index (χ4v) is 3.76. The minimum Gasteiger partial charge on any atom is -0.270 e. The molecule has 0 spiro atoms. The van der Waals surface area contributed by atoms with E-state index in [2.05, 4.69) is 27.6 Å². The van der Waals surface area contributed by atoms with Crippen molar-refractivity contribution in [1.82, 2.24) is 4.31 Å². The maximum Gasteiger partial charge on any atom is 0.301 e. The summed E-state index contributed by atoms with van der Waals surface area (Å²) < 4.78 is 29.3. The minimum atomic E-state index is -3.60. The van der Waals surface area contributed by atoms with E-state index in [1.807, 2.05) is 6.07 Å². The molecule has 1 N–H and O–H groups in total. The Kier molecular flexibility index (Phi) is 4.68. The predicted molar refractivity (Wildman–Crippen MR) is 81.4 cm³/mol. The molecule has 0 unspecified atom stereocenters. The number of anilines is 1. The molecule has 1 fully saturated rings. The Hall–Kier alpha value is -1.10. The van der Waals surface area contributed by atoms with Crippen molar-refractivity contribution in [3.05, 3.63) is 28.2 Å². The van der Waals surface area contributed by atoms with E-state index in [0.29, 0.717) is 30.3 Å². The topological polar surface area (TPSA) is 73.2 Å². The van der Waals surface area contributed by atoms with Crippen LogP contribution >= 0.6 is 15.9 Å². The molecule has 5 nitrogen and oxygen atoms in total. The highest BCUT2D eigenvalue weighted by Gasteiger charge is 2.26. The third kappa shape index (κ3) is 3.51. The summed E-state index contributed by atoms with van der Waals surface area (Å²) >= 11 is 3.28. The summed E-state index contributed by atoms with van der Waals surface area (Å²) in [7, 11) is -3.60. The maximum absolute atomic E-state index is 12.3. The Morgan fingerprint density at radius 2 is 2.05 bits per heavy atom. The van der Waals surface area contributed by atoms with Crippen LogP contribution in [0.3, 0.4) is 0 Å². The van der Waals surface area contributed by atoms with Gasteiger partial charge in [-0.15, -0.1) is 0 Å². The van der Waals surface area contributed by atoms with Crippen molar-refractivity contribution in [2.45, 2.75) is 19.8 Å². The summed E-state index contributed by atoms with van der Waals surface area (Å²) in [6.45, 7) is 3.16. The molecular weight excluding hydrogens is 342 g/mol. The molecule has 1 aromatic rings. The fourth-order valence-electron chi connectivity index (χ4n) is 2.13. The number of nitrogens with zero attached hydrogens (tertiary/aromatic N) is 2. The van der Waals surface area contributed by atoms with Crippen molar-refractivity contribution in [2.75, 3.05) is 17.8 Å². The third-order valence-electron chi connectivity index (χ3n) is 3.42. The van der Waals surface area contributed by atoms with E-state index in [1.54, 1.807) is 18.2 Å². The van der Waals surface area contributed by atoms with Gasteiger partial charge in [0.2, 0.25) is 0 Å². The van der Waals surface area contributed by atoms with E-state index in [1.165, 1.54) is 4.31 Å². The summed E-state index contributed by atoms with van der Waals surface area (Å²) in [5, 5.41) is 9.04. The largest absolute Gasteiger partial charge is 0.301 e. The molecule has 0 amide bonds. The van der Waals surface area contributed by atoms with Crippen molar-refractivity contribution in [1.29, 1.82) is 5.26 Å². The lowest BCUT2D eigenvalue weighted by Crippen LogP contribution is -2.41. The number of hydrogen-bond acceptors (Lipinski definition) is 3. The zero-order chi connectivity index (χ0) is 14.8. The van der Waals surface area contributed by atoms with E-state index in [4.69, 9.17) is 5.26 Å². The van der Waals surface area contributed by atoms with Gasteiger partial charge in [0.1, 0.15) is 6.07 Å². The second-order valence-corrected chi connectivity index (χ2v) is 7.58. The van der Waals surface area contributed by atoms with Gasteiger partial charge in [-0.05, 0) is 37.0 Å². The van der Waals surface area contributed by atoms with Crippen LogP contribution in [-0.4, -0.2) is 25.8 Å². The lowest BCUT2D eigenvalue weighted by molar-refractivity contribution is 0.289. The first-order valence-corrected chi connectivity index (χ1v) is 8.63. The number of benzene rings is 1. The van der Waals surface area contributed by atoms with E-state index < -0.39 is 10.2 Å². The Balaban J connectivity index is 2.20. The zero-order valence-corrected chi connectivity index (χ0v) is 13.5. The Morgan fingerprint density at radius 3 is 2.65 bits per heavy atom. The van der Waals surface area contributed by atoms with Crippen molar-refractivity contribution < 1.29 is 8.42 Å². The molecule has 7 heteroatoms. The minimum absolute atomic E-state index is 0.306. The summed E-state index contributed by atoms with van der Waals surface area (Å²) in [6.07, 6.45) is 1.73. The van der Waals surface area contributed by atoms with Crippen molar-refractivity contribution in [2.24, 2.45) is 5.92 Å². The van der Waals surface area contributed by atoms with Crippen LogP contribution in [-0.2, 0) is 10.2 Å². The van der Waals surface area contributed by atoms with Crippen LogP contribution < -0.4 is 4.72 Å². The molecule has 0 radical (unpaired) electrons. The lowest BCUT2D eigenvalue weighted by atomic mass is 10.0.